The van der Waals surface area contributed by atoms with Crippen LogP contribution in [0.4, 0.5) is 10.5 Å². The molecule has 1 fully saturated rings. The van der Waals surface area contributed by atoms with E-state index in [9.17, 15) is 9.59 Å². The number of anilines is 1. The van der Waals surface area contributed by atoms with Crippen molar-refractivity contribution >= 4 is 17.7 Å². The molecule has 1 aromatic heterocycles. The summed E-state index contributed by atoms with van der Waals surface area (Å²) in [5.74, 6) is -1.10. The fourth-order valence-electron chi connectivity index (χ4n) is 2.12. The minimum absolute atomic E-state index is 0.195. The molecule has 0 radical (unpaired) electrons. The van der Waals surface area contributed by atoms with Crippen molar-refractivity contribution in [2.24, 2.45) is 5.92 Å². The van der Waals surface area contributed by atoms with Crippen molar-refractivity contribution in [3.63, 3.8) is 0 Å². The second-order valence-corrected chi connectivity index (χ2v) is 4.72. The molecule has 6 heteroatoms. The van der Waals surface area contributed by atoms with Crippen molar-refractivity contribution in [1.82, 2.24) is 9.88 Å². The van der Waals surface area contributed by atoms with Crippen LogP contribution in [0.3, 0.4) is 0 Å². The predicted molar refractivity (Wildman–Crippen MR) is 69.9 cm³/mol. The topological polar surface area (TPSA) is 82.5 Å². The number of hydrogen-bond donors (Lipinski definition) is 2. The van der Waals surface area contributed by atoms with Crippen molar-refractivity contribution in [3.05, 3.63) is 24.0 Å². The van der Waals surface area contributed by atoms with E-state index in [-0.39, 0.29) is 11.9 Å². The monoisotopic (exact) mass is 263 g/mol. The quantitative estimate of drug-likeness (QED) is 0.851. The number of aromatic nitrogens is 1. The number of likely N-dealkylation sites (tertiary alicyclic amines) is 1. The van der Waals surface area contributed by atoms with Crippen molar-refractivity contribution in [1.29, 1.82) is 0 Å². The summed E-state index contributed by atoms with van der Waals surface area (Å²) in [6.07, 6.45) is 4.30. The Morgan fingerprint density at radius 2 is 2.11 bits per heavy atom. The number of carboxylic acids is 1. The lowest BCUT2D eigenvalue weighted by Gasteiger charge is -2.30. The summed E-state index contributed by atoms with van der Waals surface area (Å²) >= 11 is 0. The lowest BCUT2D eigenvalue weighted by atomic mass is 9.97. The van der Waals surface area contributed by atoms with Crippen LogP contribution in [0, 0.1) is 12.8 Å². The van der Waals surface area contributed by atoms with Crippen LogP contribution >= 0.6 is 0 Å². The molecule has 1 aliphatic rings. The summed E-state index contributed by atoms with van der Waals surface area (Å²) < 4.78 is 0. The third-order valence-corrected chi connectivity index (χ3v) is 3.41. The highest BCUT2D eigenvalue weighted by atomic mass is 16.4. The van der Waals surface area contributed by atoms with E-state index in [0.717, 1.165) is 5.56 Å². The third kappa shape index (κ3) is 3.21. The summed E-state index contributed by atoms with van der Waals surface area (Å²) in [6, 6.07) is 1.63. The van der Waals surface area contributed by atoms with Crippen molar-refractivity contribution in [2.75, 3.05) is 18.4 Å². The molecule has 0 aromatic carbocycles. The number of pyridine rings is 1. The second kappa shape index (κ2) is 5.69. The Kier molecular flexibility index (Phi) is 3.99. The molecule has 2 amide bonds. The molecule has 102 valence electrons. The first kappa shape index (κ1) is 13.3. The first-order chi connectivity index (χ1) is 9.08. The van der Waals surface area contributed by atoms with Gasteiger partial charge in [-0.05, 0) is 31.4 Å². The third-order valence-electron chi connectivity index (χ3n) is 3.41. The lowest BCUT2D eigenvalue weighted by molar-refractivity contribution is -0.143. The molecule has 0 bridgehead atoms. The van der Waals surface area contributed by atoms with Gasteiger partial charge in [-0.3, -0.25) is 9.78 Å². The van der Waals surface area contributed by atoms with E-state index in [1.165, 1.54) is 0 Å². The maximum atomic E-state index is 12.0. The first-order valence-electron chi connectivity index (χ1n) is 6.27. The van der Waals surface area contributed by atoms with Gasteiger partial charge >= 0.3 is 12.0 Å². The number of carboxylic acid groups (broad SMARTS) is 1. The van der Waals surface area contributed by atoms with Crippen LogP contribution in [-0.2, 0) is 4.79 Å². The molecule has 2 rings (SSSR count). The van der Waals surface area contributed by atoms with E-state index in [1.54, 1.807) is 17.3 Å². The predicted octanol–water partition coefficient (Wildman–Crippen LogP) is 1.72. The molecule has 6 nitrogen and oxygen atoms in total. The summed E-state index contributed by atoms with van der Waals surface area (Å²) in [4.78, 5) is 28.5. The zero-order valence-electron chi connectivity index (χ0n) is 10.8. The standard InChI is InChI=1S/C13H17N3O3/c1-9-2-5-14-8-11(9)15-13(19)16-6-3-10(4-7-16)12(17)18/h2,5,8,10H,3-4,6-7H2,1H3,(H,15,19)(H,17,18). The second-order valence-electron chi connectivity index (χ2n) is 4.72. The van der Waals surface area contributed by atoms with Crippen LogP contribution in [0.15, 0.2) is 18.5 Å². The number of urea groups is 1. The minimum Gasteiger partial charge on any atom is -0.481 e. The zero-order valence-corrected chi connectivity index (χ0v) is 10.8. The Balaban J connectivity index is 1.92. The van der Waals surface area contributed by atoms with E-state index >= 15 is 0 Å². The summed E-state index contributed by atoms with van der Waals surface area (Å²) in [7, 11) is 0. The van der Waals surface area contributed by atoms with Gasteiger partial charge in [0.2, 0.25) is 0 Å². The van der Waals surface area contributed by atoms with Crippen molar-refractivity contribution in [3.8, 4) is 0 Å². The number of aryl methyl sites for hydroxylation is 1. The normalized spacial score (nSPS) is 16.2. The Morgan fingerprint density at radius 3 is 2.68 bits per heavy atom. The van der Waals surface area contributed by atoms with E-state index in [4.69, 9.17) is 5.11 Å². The molecule has 19 heavy (non-hydrogen) atoms. The average Bonchev–Trinajstić information content (AvgIpc) is 2.41. The number of carbonyl (C=O) groups excluding carboxylic acids is 1. The van der Waals surface area contributed by atoms with Gasteiger partial charge in [0.15, 0.2) is 0 Å². The van der Waals surface area contributed by atoms with Crippen LogP contribution in [0.2, 0.25) is 0 Å². The smallest absolute Gasteiger partial charge is 0.321 e. The van der Waals surface area contributed by atoms with E-state index in [2.05, 4.69) is 10.3 Å². The molecule has 1 saturated heterocycles. The molecular weight excluding hydrogens is 246 g/mol. The van der Waals surface area contributed by atoms with Crippen molar-refractivity contribution < 1.29 is 14.7 Å². The maximum absolute atomic E-state index is 12.0. The van der Waals surface area contributed by atoms with Gasteiger partial charge in [-0.25, -0.2) is 4.79 Å². The van der Waals surface area contributed by atoms with Crippen LogP contribution < -0.4 is 5.32 Å². The number of nitrogens with zero attached hydrogens (tertiary/aromatic N) is 2. The first-order valence-corrected chi connectivity index (χ1v) is 6.27. The van der Waals surface area contributed by atoms with Gasteiger partial charge in [-0.2, -0.15) is 0 Å². The Labute approximate surface area is 111 Å². The largest absolute Gasteiger partial charge is 0.481 e. The number of carbonyl (C=O) groups is 2. The maximum Gasteiger partial charge on any atom is 0.321 e. The zero-order chi connectivity index (χ0) is 13.8. The van der Waals surface area contributed by atoms with Crippen LogP contribution in [0.25, 0.3) is 0 Å². The molecule has 2 heterocycles. The number of amides is 2. The van der Waals surface area contributed by atoms with Crippen molar-refractivity contribution in [2.45, 2.75) is 19.8 Å². The Bertz CT molecular complexity index is 482. The van der Waals surface area contributed by atoms with Gasteiger partial charge in [0.25, 0.3) is 0 Å². The van der Waals surface area contributed by atoms with Gasteiger partial charge in [-0.15, -0.1) is 0 Å². The number of nitrogens with one attached hydrogen (secondary N) is 1. The van der Waals surface area contributed by atoms with Gasteiger partial charge in [-0.1, -0.05) is 0 Å². The fourth-order valence-corrected chi connectivity index (χ4v) is 2.12. The number of piperidine rings is 1. The minimum atomic E-state index is -0.775. The van der Waals surface area contributed by atoms with Gasteiger partial charge in [0.1, 0.15) is 0 Å². The van der Waals surface area contributed by atoms with Gasteiger partial charge < -0.3 is 15.3 Å². The van der Waals surface area contributed by atoms with E-state index < -0.39 is 5.97 Å². The van der Waals surface area contributed by atoms with Crippen LogP contribution in [0.5, 0.6) is 0 Å². The molecule has 0 spiro atoms. The van der Waals surface area contributed by atoms with E-state index in [1.807, 2.05) is 13.0 Å². The average molecular weight is 263 g/mol. The molecular formula is C13H17N3O3. The molecule has 0 aliphatic carbocycles. The lowest BCUT2D eigenvalue weighted by Crippen LogP contribution is -2.42. The van der Waals surface area contributed by atoms with Gasteiger partial charge in [0, 0.05) is 19.3 Å². The number of hydrogen-bond acceptors (Lipinski definition) is 3. The SMILES string of the molecule is Cc1ccncc1NC(=O)N1CCC(C(=O)O)CC1. The Hall–Kier alpha value is -2.11. The number of rotatable bonds is 2. The summed E-state index contributed by atoms with van der Waals surface area (Å²) in [5, 5.41) is 11.7. The van der Waals surface area contributed by atoms with E-state index in [0.29, 0.717) is 31.6 Å². The summed E-state index contributed by atoms with van der Waals surface area (Å²) in [6.45, 7) is 2.85. The highest BCUT2D eigenvalue weighted by Crippen LogP contribution is 2.19. The van der Waals surface area contributed by atoms with Gasteiger partial charge in [0.05, 0.1) is 17.8 Å². The molecule has 0 atom stereocenters. The highest BCUT2D eigenvalue weighted by Gasteiger charge is 2.27. The van der Waals surface area contributed by atoms with Crippen LogP contribution in [0.1, 0.15) is 18.4 Å². The molecule has 0 saturated carbocycles. The fraction of sp³-hybridized carbons (Fsp3) is 0.462. The summed E-state index contributed by atoms with van der Waals surface area (Å²) in [5.41, 5.74) is 1.64. The Morgan fingerprint density at radius 1 is 1.42 bits per heavy atom. The highest BCUT2D eigenvalue weighted by molar-refractivity contribution is 5.90. The molecule has 2 N–H and O–H groups in total. The molecule has 1 aliphatic heterocycles. The molecule has 1 aromatic rings. The number of aliphatic carboxylic acids is 1. The molecule has 0 unspecified atom stereocenters. The van der Waals surface area contributed by atoms with Crippen LogP contribution in [-0.4, -0.2) is 40.1 Å².